The molecule has 1 N–H and O–H groups in total. The lowest BCUT2D eigenvalue weighted by atomic mass is 10.2. The lowest BCUT2D eigenvalue weighted by Crippen LogP contribution is -2.37. The molecule has 176 valence electrons. The molecule has 2 fully saturated rings. The molecule has 2 aliphatic rings. The number of carbonyl (C=O) groups is 1. The second-order valence-corrected chi connectivity index (χ2v) is 9.15. The molecule has 5 rings (SSSR count). The van der Waals surface area contributed by atoms with Gasteiger partial charge in [0.15, 0.2) is 11.0 Å². The van der Waals surface area contributed by atoms with E-state index in [4.69, 9.17) is 9.72 Å². The van der Waals surface area contributed by atoms with Crippen molar-refractivity contribution >= 4 is 45.6 Å². The number of fused-ring (bicyclic) bond motifs is 1. The van der Waals surface area contributed by atoms with Crippen LogP contribution in [0.1, 0.15) is 11.4 Å². The average molecular weight is 484 g/mol. The van der Waals surface area contributed by atoms with Crippen LogP contribution in [0.3, 0.4) is 0 Å². The molecular weight excluding hydrogens is 460 g/mol. The fourth-order valence-electron chi connectivity index (χ4n) is 3.97. The number of carbonyl (C=O) groups excluding carboxylic acids is 1. The largest absolute Gasteiger partial charge is 0.379 e. The molecule has 3 heterocycles. The van der Waals surface area contributed by atoms with Crippen LogP contribution < -0.4 is 5.32 Å². The summed E-state index contributed by atoms with van der Waals surface area (Å²) >= 11 is 1.11. The number of halogens is 2. The smallest absolute Gasteiger partial charge is 0.264 e. The lowest BCUT2D eigenvalue weighted by Gasteiger charge is -2.26. The Morgan fingerprint density at radius 2 is 2.03 bits per heavy atom. The monoisotopic (exact) mass is 483 g/mol. The minimum Gasteiger partial charge on any atom is -0.379 e. The van der Waals surface area contributed by atoms with Gasteiger partial charge in [-0.05, 0) is 47.7 Å². The molecule has 0 radical (unpaired) electrons. The van der Waals surface area contributed by atoms with Gasteiger partial charge in [-0.25, -0.2) is 18.8 Å². The van der Waals surface area contributed by atoms with Gasteiger partial charge in [0.05, 0.1) is 29.2 Å². The first kappa shape index (κ1) is 22.7. The number of thioether (sulfide) groups is 1. The van der Waals surface area contributed by atoms with Crippen molar-refractivity contribution in [2.45, 2.75) is 6.42 Å². The first-order valence-corrected chi connectivity index (χ1v) is 11.8. The number of hydrogen-bond donors (Lipinski definition) is 1. The molecule has 2 saturated heterocycles. The van der Waals surface area contributed by atoms with Crippen molar-refractivity contribution in [1.82, 2.24) is 19.8 Å². The summed E-state index contributed by atoms with van der Waals surface area (Å²) in [5.74, 6) is -0.775. The SMILES string of the molecule is Cn1c(CCN2CCOCC2)nc2ccc(/C=C3/SC(=Nc4ccc(F)cc4F)NC3=O)cc21. The second kappa shape index (κ2) is 9.65. The van der Waals surface area contributed by atoms with Gasteiger partial charge < -0.3 is 14.6 Å². The average Bonchev–Trinajstić information content (AvgIpc) is 3.33. The number of aryl methyl sites for hydroxylation is 1. The summed E-state index contributed by atoms with van der Waals surface area (Å²) in [6.45, 7) is 4.38. The molecule has 7 nitrogen and oxygen atoms in total. The highest BCUT2D eigenvalue weighted by Gasteiger charge is 2.24. The van der Waals surface area contributed by atoms with Crippen molar-refractivity contribution in [1.29, 1.82) is 0 Å². The second-order valence-electron chi connectivity index (χ2n) is 8.12. The van der Waals surface area contributed by atoms with Gasteiger partial charge >= 0.3 is 0 Å². The Bertz CT molecular complexity index is 1310. The van der Waals surface area contributed by atoms with Crippen LogP contribution in [0.25, 0.3) is 17.1 Å². The number of morpholine rings is 1. The molecule has 10 heteroatoms. The number of nitrogens with zero attached hydrogens (tertiary/aromatic N) is 4. The van der Waals surface area contributed by atoms with Crippen LogP contribution in [0.2, 0.25) is 0 Å². The Morgan fingerprint density at radius 3 is 2.82 bits per heavy atom. The predicted molar refractivity (Wildman–Crippen MR) is 129 cm³/mol. The predicted octanol–water partition coefficient (Wildman–Crippen LogP) is 3.62. The summed E-state index contributed by atoms with van der Waals surface area (Å²) in [5.41, 5.74) is 2.70. The van der Waals surface area contributed by atoms with Crippen molar-refractivity contribution in [3.8, 4) is 0 Å². The van der Waals surface area contributed by atoms with Crippen molar-refractivity contribution < 1.29 is 18.3 Å². The summed E-state index contributed by atoms with van der Waals surface area (Å²) < 4.78 is 34.5. The maximum absolute atomic E-state index is 13.9. The molecule has 0 bridgehead atoms. The van der Waals surface area contributed by atoms with Crippen LogP contribution in [-0.2, 0) is 23.0 Å². The zero-order chi connectivity index (χ0) is 23.7. The van der Waals surface area contributed by atoms with Crippen LogP contribution in [0, 0.1) is 11.6 Å². The summed E-state index contributed by atoms with van der Waals surface area (Å²) in [4.78, 5) is 24.1. The molecule has 1 aromatic heterocycles. The van der Waals surface area contributed by atoms with E-state index < -0.39 is 11.6 Å². The van der Waals surface area contributed by atoms with E-state index in [1.54, 1.807) is 6.08 Å². The molecule has 2 aromatic carbocycles. The molecule has 0 unspecified atom stereocenters. The maximum Gasteiger partial charge on any atom is 0.264 e. The zero-order valence-corrected chi connectivity index (χ0v) is 19.4. The Kier molecular flexibility index (Phi) is 6.44. The number of hydrogen-bond acceptors (Lipinski definition) is 6. The first-order chi connectivity index (χ1) is 16.5. The number of nitrogens with one attached hydrogen (secondary N) is 1. The van der Waals surface area contributed by atoms with E-state index in [1.165, 1.54) is 6.07 Å². The first-order valence-electron chi connectivity index (χ1n) is 11.0. The number of rotatable bonds is 5. The minimum absolute atomic E-state index is 0.0358. The Morgan fingerprint density at radius 1 is 1.21 bits per heavy atom. The minimum atomic E-state index is -0.786. The molecule has 0 atom stereocenters. The van der Waals surface area contributed by atoms with Crippen LogP contribution in [0.4, 0.5) is 14.5 Å². The lowest BCUT2D eigenvalue weighted by molar-refractivity contribution is -0.115. The van der Waals surface area contributed by atoms with Crippen LogP contribution in [0.5, 0.6) is 0 Å². The number of amidine groups is 1. The van der Waals surface area contributed by atoms with Gasteiger partial charge in [0, 0.05) is 39.2 Å². The van der Waals surface area contributed by atoms with Crippen molar-refractivity contribution in [2.75, 3.05) is 32.8 Å². The van der Waals surface area contributed by atoms with Crippen molar-refractivity contribution in [3.63, 3.8) is 0 Å². The van der Waals surface area contributed by atoms with Crippen molar-refractivity contribution in [3.05, 3.63) is 64.3 Å². The van der Waals surface area contributed by atoms with Crippen LogP contribution in [-0.4, -0.2) is 58.4 Å². The van der Waals surface area contributed by atoms with Gasteiger partial charge in [-0.15, -0.1) is 0 Å². The molecule has 34 heavy (non-hydrogen) atoms. The van der Waals surface area contributed by atoms with E-state index in [2.05, 4.69) is 19.8 Å². The Balaban J connectivity index is 1.33. The van der Waals surface area contributed by atoms with E-state index in [9.17, 15) is 13.6 Å². The molecule has 0 aliphatic carbocycles. The third kappa shape index (κ3) is 4.89. The van der Waals surface area contributed by atoms with Gasteiger partial charge in [-0.2, -0.15) is 0 Å². The number of amides is 1. The summed E-state index contributed by atoms with van der Waals surface area (Å²) in [7, 11) is 2.00. The quantitative estimate of drug-likeness (QED) is 0.562. The molecule has 2 aliphatic heterocycles. The van der Waals surface area contributed by atoms with Crippen LogP contribution in [0.15, 0.2) is 46.3 Å². The number of aromatic nitrogens is 2. The fraction of sp³-hybridized carbons (Fsp3) is 0.292. The summed E-state index contributed by atoms with van der Waals surface area (Å²) in [5, 5.41) is 2.87. The third-order valence-electron chi connectivity index (χ3n) is 5.83. The number of ether oxygens (including phenoxy) is 1. The van der Waals surface area contributed by atoms with Gasteiger partial charge in [0.1, 0.15) is 17.3 Å². The topological polar surface area (TPSA) is 71.8 Å². The normalized spacial score (nSPS) is 19.4. The maximum atomic E-state index is 13.9. The Labute approximate surface area is 199 Å². The van der Waals surface area contributed by atoms with E-state index in [-0.39, 0.29) is 16.8 Å². The van der Waals surface area contributed by atoms with E-state index >= 15 is 0 Å². The van der Waals surface area contributed by atoms with E-state index in [0.717, 1.165) is 85.6 Å². The van der Waals surface area contributed by atoms with Gasteiger partial charge in [0.2, 0.25) is 0 Å². The van der Waals surface area contributed by atoms with Crippen molar-refractivity contribution in [2.24, 2.45) is 12.0 Å². The molecule has 1 amide bonds. The highest BCUT2D eigenvalue weighted by Crippen LogP contribution is 2.30. The molecule has 0 spiro atoms. The molecule has 0 saturated carbocycles. The number of aliphatic imine (C=N–C) groups is 1. The van der Waals surface area contributed by atoms with Gasteiger partial charge in [0.25, 0.3) is 5.91 Å². The van der Waals surface area contributed by atoms with Gasteiger partial charge in [-0.1, -0.05) is 6.07 Å². The van der Waals surface area contributed by atoms with Gasteiger partial charge in [-0.3, -0.25) is 9.69 Å². The standard InChI is InChI=1S/C24H23F2N5O2S/c1-30-20-12-15(2-4-19(20)27-22(30)6-7-31-8-10-33-11-9-31)13-21-23(32)29-24(34-21)28-18-5-3-16(25)14-17(18)26/h2-5,12-14H,6-11H2,1H3,(H,28,29,32)/b21-13+. The molecular formula is C24H23F2N5O2S. The van der Waals surface area contributed by atoms with Crippen LogP contribution >= 0.6 is 11.8 Å². The Hall–Kier alpha value is -3.08. The summed E-state index contributed by atoms with van der Waals surface area (Å²) in [6, 6.07) is 8.97. The molecule has 3 aromatic rings. The fourth-order valence-corrected chi connectivity index (χ4v) is 4.80. The highest BCUT2D eigenvalue weighted by molar-refractivity contribution is 8.18. The third-order valence-corrected chi connectivity index (χ3v) is 6.74. The summed E-state index contributed by atoms with van der Waals surface area (Å²) in [6.07, 6.45) is 2.61. The number of benzene rings is 2. The zero-order valence-electron chi connectivity index (χ0n) is 18.6. The van der Waals surface area contributed by atoms with E-state index in [1.807, 2.05) is 25.2 Å². The number of imidazole rings is 1. The highest BCUT2D eigenvalue weighted by atomic mass is 32.2. The van der Waals surface area contributed by atoms with E-state index in [0.29, 0.717) is 4.91 Å².